The summed E-state index contributed by atoms with van der Waals surface area (Å²) in [6, 6.07) is 20.1. The fourth-order valence-corrected chi connectivity index (χ4v) is 6.93. The number of unbranched alkanes of at least 4 members (excludes halogenated alkanes) is 3. The van der Waals surface area contributed by atoms with Crippen LogP contribution >= 0.6 is 0 Å². The van der Waals surface area contributed by atoms with E-state index in [9.17, 15) is 28.8 Å². The van der Waals surface area contributed by atoms with Gasteiger partial charge < -0.3 is 63.3 Å². The highest BCUT2D eigenvalue weighted by molar-refractivity contribution is 5.96. The van der Waals surface area contributed by atoms with Gasteiger partial charge in [0.1, 0.15) is 16.8 Å². The molecule has 18 nitrogen and oxygen atoms in total. The molecule has 0 heterocycles. The predicted octanol–water partition coefficient (Wildman–Crippen LogP) is 7.75. The Morgan fingerprint density at radius 3 is 0.843 bits per heavy atom. The summed E-state index contributed by atoms with van der Waals surface area (Å²) in [5, 5.41) is 16.8. The molecular weight excluding hydrogens is 895 g/mol. The normalized spacial score (nSPS) is 13.0. The summed E-state index contributed by atoms with van der Waals surface area (Å²) in [7, 11) is 0. The molecule has 6 amide bonds. The van der Waals surface area contributed by atoms with Crippen molar-refractivity contribution < 1.29 is 43.0 Å². The van der Waals surface area contributed by atoms with E-state index in [2.05, 4.69) is 31.9 Å². The number of amides is 6. The lowest BCUT2D eigenvalue weighted by molar-refractivity contribution is -0.118. The Balaban J connectivity index is 1.67. The highest BCUT2D eigenvalue weighted by Gasteiger charge is 2.22. The third kappa shape index (κ3) is 23.4. The fraction of sp³-hybridized carbons (Fsp3) is 0.538. The summed E-state index contributed by atoms with van der Waals surface area (Å²) in [4.78, 5) is 74.9. The first kappa shape index (κ1) is 58.1. The van der Waals surface area contributed by atoms with Crippen LogP contribution in [-0.4, -0.2) is 90.6 Å². The zero-order chi connectivity index (χ0) is 52.1. The highest BCUT2D eigenvalue weighted by Crippen LogP contribution is 2.34. The minimum Gasteiger partial charge on any atom is -0.444 e. The molecule has 0 unspecified atom stereocenters. The molecule has 3 atom stereocenters. The number of nitrogens with one attached hydrogen (secondary N) is 6. The summed E-state index contributed by atoms with van der Waals surface area (Å²) in [5.74, 6) is -1.29. The Hall–Kier alpha value is -6.24. The third-order valence-electron chi connectivity index (χ3n) is 10.4. The number of hydrogen-bond acceptors (Lipinski definition) is 12. The average molecular weight is 974 g/mol. The number of alkyl carbamates (subject to hydrolysis) is 3. The first-order valence-electron chi connectivity index (χ1n) is 24.2. The Kier molecular flexibility index (Phi) is 23.1. The van der Waals surface area contributed by atoms with E-state index in [1.54, 1.807) is 62.3 Å². The van der Waals surface area contributed by atoms with Crippen LogP contribution in [0.25, 0.3) is 0 Å². The average Bonchev–Trinajstić information content (AvgIpc) is 3.25. The molecule has 0 fully saturated rings. The molecule has 70 heavy (non-hydrogen) atoms. The summed E-state index contributed by atoms with van der Waals surface area (Å²) >= 11 is 0. The molecule has 12 N–H and O–H groups in total. The van der Waals surface area contributed by atoms with Gasteiger partial charge in [-0.05, 0) is 173 Å². The Labute approximate surface area is 414 Å². The maximum absolute atomic E-state index is 13.0. The summed E-state index contributed by atoms with van der Waals surface area (Å²) < 4.78 is 15.8. The van der Waals surface area contributed by atoms with Crippen molar-refractivity contribution in [2.24, 2.45) is 17.2 Å². The van der Waals surface area contributed by atoms with Crippen molar-refractivity contribution in [1.29, 1.82) is 0 Å². The van der Waals surface area contributed by atoms with Crippen molar-refractivity contribution >= 4 is 53.1 Å². The minimum atomic E-state index is -0.753. The SMILES string of the molecule is CC(C)(C)OC(=O)NCCCC[C@H](N)C(=O)Nc1ccc(C(c2ccc(NC(=O)[C@@H](N)CCCCNC(=O)OC(C)(C)C)cc2)c2ccc(NC(=O)[C@@H](N)CCCCNC(=O)OC(C)(C)C)cc2)cc1. The summed E-state index contributed by atoms with van der Waals surface area (Å²) in [6.45, 7) is 17.4. The van der Waals surface area contributed by atoms with Gasteiger partial charge in [-0.2, -0.15) is 0 Å². The van der Waals surface area contributed by atoms with E-state index >= 15 is 0 Å². The van der Waals surface area contributed by atoms with E-state index in [4.69, 9.17) is 31.4 Å². The Bertz CT molecular complexity index is 1890. The molecule has 0 spiro atoms. The minimum absolute atomic E-state index is 0.302. The lowest BCUT2D eigenvalue weighted by atomic mass is 9.85. The van der Waals surface area contributed by atoms with E-state index in [1.165, 1.54) is 0 Å². The van der Waals surface area contributed by atoms with Gasteiger partial charge >= 0.3 is 18.3 Å². The van der Waals surface area contributed by atoms with E-state index in [-0.39, 0.29) is 23.6 Å². The third-order valence-corrected chi connectivity index (χ3v) is 10.4. The van der Waals surface area contributed by atoms with E-state index < -0.39 is 53.2 Å². The lowest BCUT2D eigenvalue weighted by Crippen LogP contribution is -2.36. The van der Waals surface area contributed by atoms with Gasteiger partial charge in [0.25, 0.3) is 0 Å². The van der Waals surface area contributed by atoms with Crippen molar-refractivity contribution in [3.63, 3.8) is 0 Å². The van der Waals surface area contributed by atoms with Crippen molar-refractivity contribution in [3.05, 3.63) is 89.5 Å². The number of ether oxygens (including phenoxy) is 3. The Morgan fingerprint density at radius 1 is 0.400 bits per heavy atom. The molecule has 0 aromatic heterocycles. The van der Waals surface area contributed by atoms with E-state index in [0.29, 0.717) is 94.5 Å². The first-order valence-corrected chi connectivity index (χ1v) is 24.2. The molecule has 0 saturated carbocycles. The molecule has 0 aliphatic carbocycles. The number of nitrogens with two attached hydrogens (primary N) is 3. The van der Waals surface area contributed by atoms with Gasteiger partial charge in [0.15, 0.2) is 0 Å². The molecule has 386 valence electrons. The predicted molar refractivity (Wildman–Crippen MR) is 274 cm³/mol. The zero-order valence-electron chi connectivity index (χ0n) is 42.6. The standard InChI is InChI=1S/C52H79N9O9/c1-50(2,3)68-47(65)56-31-13-10-16-40(53)44(62)59-37-25-19-34(20-26-37)43(35-21-27-38(28-22-35)60-45(63)41(54)17-11-14-32-57-48(66)69-51(4,5)6)36-23-29-39(30-24-36)61-46(64)42(55)18-12-15-33-58-49(67)70-52(7,8)9/h19-30,40-43H,10-18,31-33,53-55H2,1-9H3,(H,56,65)(H,57,66)(H,58,67)(H,59,62)(H,60,63)(H,61,64)/t40-,41-,42-/m0/s1. The highest BCUT2D eigenvalue weighted by atomic mass is 16.6. The molecule has 0 bridgehead atoms. The van der Waals surface area contributed by atoms with E-state index in [0.717, 1.165) is 16.7 Å². The van der Waals surface area contributed by atoms with Gasteiger partial charge in [-0.3, -0.25) is 14.4 Å². The van der Waals surface area contributed by atoms with Gasteiger partial charge in [0, 0.05) is 42.6 Å². The van der Waals surface area contributed by atoms with Gasteiger partial charge in [-0.15, -0.1) is 0 Å². The lowest BCUT2D eigenvalue weighted by Gasteiger charge is -2.21. The fourth-order valence-electron chi connectivity index (χ4n) is 6.93. The van der Waals surface area contributed by atoms with Crippen LogP contribution in [0.15, 0.2) is 72.8 Å². The second-order valence-corrected chi connectivity index (χ2v) is 20.4. The quantitative estimate of drug-likeness (QED) is 0.0237. The topological polar surface area (TPSA) is 280 Å². The van der Waals surface area contributed by atoms with Crippen LogP contribution in [0, 0.1) is 0 Å². The van der Waals surface area contributed by atoms with Crippen molar-refractivity contribution in [2.45, 2.75) is 161 Å². The molecule has 0 aliphatic rings. The van der Waals surface area contributed by atoms with E-state index in [1.807, 2.05) is 72.8 Å². The van der Waals surface area contributed by atoms with Crippen LogP contribution in [0.3, 0.4) is 0 Å². The molecule has 18 heteroatoms. The molecular formula is C52H79N9O9. The van der Waals surface area contributed by atoms with Gasteiger partial charge in [-0.25, -0.2) is 14.4 Å². The number of carbonyl (C=O) groups is 6. The number of hydrogen-bond donors (Lipinski definition) is 9. The van der Waals surface area contributed by atoms with Crippen LogP contribution < -0.4 is 49.1 Å². The van der Waals surface area contributed by atoms with Crippen molar-refractivity contribution in [3.8, 4) is 0 Å². The molecule has 3 aromatic carbocycles. The number of benzene rings is 3. The maximum atomic E-state index is 13.0. The molecule has 0 saturated heterocycles. The maximum Gasteiger partial charge on any atom is 0.407 e. The summed E-state index contributed by atoms with van der Waals surface area (Å²) in [6.07, 6.45) is 3.60. The first-order chi connectivity index (χ1) is 32.8. The summed E-state index contributed by atoms with van der Waals surface area (Å²) in [5.41, 5.74) is 21.3. The molecule has 0 aliphatic heterocycles. The van der Waals surface area contributed by atoms with Crippen LogP contribution in [0.4, 0.5) is 31.4 Å². The second-order valence-electron chi connectivity index (χ2n) is 20.4. The van der Waals surface area contributed by atoms with Crippen LogP contribution in [0.1, 0.15) is 143 Å². The molecule has 3 rings (SSSR count). The van der Waals surface area contributed by atoms with Gasteiger partial charge in [0.2, 0.25) is 17.7 Å². The number of carbonyl (C=O) groups excluding carboxylic acids is 6. The number of anilines is 3. The van der Waals surface area contributed by atoms with Crippen LogP contribution in [-0.2, 0) is 28.6 Å². The second kappa shape index (κ2) is 27.8. The molecule has 0 radical (unpaired) electrons. The van der Waals surface area contributed by atoms with Gasteiger partial charge in [0.05, 0.1) is 18.1 Å². The van der Waals surface area contributed by atoms with Crippen LogP contribution in [0.5, 0.6) is 0 Å². The van der Waals surface area contributed by atoms with Crippen molar-refractivity contribution in [2.75, 3.05) is 35.6 Å². The largest absolute Gasteiger partial charge is 0.444 e. The monoisotopic (exact) mass is 974 g/mol. The van der Waals surface area contributed by atoms with Crippen LogP contribution in [0.2, 0.25) is 0 Å². The molecule has 3 aromatic rings. The Morgan fingerprint density at radius 2 is 0.629 bits per heavy atom. The smallest absolute Gasteiger partial charge is 0.407 e. The van der Waals surface area contributed by atoms with Crippen molar-refractivity contribution in [1.82, 2.24) is 16.0 Å². The number of rotatable bonds is 24. The zero-order valence-corrected chi connectivity index (χ0v) is 42.6. The van der Waals surface area contributed by atoms with Gasteiger partial charge in [-0.1, -0.05) is 36.4 Å².